The lowest BCUT2D eigenvalue weighted by atomic mass is 10.2. The molecule has 4 nitrogen and oxygen atoms in total. The highest BCUT2D eigenvalue weighted by Crippen LogP contribution is 2.40. The van der Waals surface area contributed by atoms with E-state index in [1.165, 1.54) is 0 Å². The van der Waals surface area contributed by atoms with Crippen LogP contribution in [0.4, 0.5) is 0 Å². The zero-order chi connectivity index (χ0) is 13.7. The molecule has 0 aliphatic heterocycles. The number of hydrogen-bond donors (Lipinski definition) is 0. The molecule has 0 saturated heterocycles. The Kier molecular flexibility index (Phi) is 4.47. The van der Waals surface area contributed by atoms with Gasteiger partial charge in [0.2, 0.25) is 5.75 Å². The molecule has 1 aromatic heterocycles. The lowest BCUT2D eigenvalue weighted by Gasteiger charge is -2.15. The quantitative estimate of drug-likeness (QED) is 0.784. The molecule has 5 heteroatoms. The number of pyridine rings is 1. The third-order valence-electron chi connectivity index (χ3n) is 2.60. The van der Waals surface area contributed by atoms with Gasteiger partial charge >= 0.3 is 0 Å². The van der Waals surface area contributed by atoms with Crippen LogP contribution in [0.1, 0.15) is 5.56 Å². The summed E-state index contributed by atoms with van der Waals surface area (Å²) in [6, 6.07) is 7.20. The third kappa shape index (κ3) is 2.90. The van der Waals surface area contributed by atoms with E-state index < -0.39 is 0 Å². The highest BCUT2D eigenvalue weighted by molar-refractivity contribution is 6.17. The molecule has 100 valence electrons. The minimum Gasteiger partial charge on any atom is -0.493 e. The van der Waals surface area contributed by atoms with Gasteiger partial charge in [-0.15, -0.1) is 11.6 Å². The monoisotopic (exact) mass is 279 g/mol. The Bertz CT molecular complexity index is 538. The Labute approximate surface area is 116 Å². The second-order valence-electron chi connectivity index (χ2n) is 3.71. The largest absolute Gasteiger partial charge is 0.493 e. The Balaban J connectivity index is 2.42. The van der Waals surface area contributed by atoms with E-state index in [0.29, 0.717) is 28.9 Å². The summed E-state index contributed by atoms with van der Waals surface area (Å²) in [5, 5.41) is 0. The fourth-order valence-corrected chi connectivity index (χ4v) is 1.84. The van der Waals surface area contributed by atoms with Crippen LogP contribution in [0, 0.1) is 0 Å². The van der Waals surface area contributed by atoms with E-state index in [0.717, 1.165) is 5.56 Å². The van der Waals surface area contributed by atoms with E-state index in [-0.39, 0.29) is 0 Å². The van der Waals surface area contributed by atoms with E-state index >= 15 is 0 Å². The number of benzene rings is 1. The van der Waals surface area contributed by atoms with Gasteiger partial charge in [-0.2, -0.15) is 0 Å². The molecular formula is C14H14ClNO3. The normalized spacial score (nSPS) is 10.1. The molecule has 2 rings (SSSR count). The molecule has 0 radical (unpaired) electrons. The van der Waals surface area contributed by atoms with Crippen LogP contribution >= 0.6 is 11.6 Å². The first kappa shape index (κ1) is 13.5. The predicted octanol–water partition coefficient (Wildman–Crippen LogP) is 3.63. The van der Waals surface area contributed by atoms with Crippen molar-refractivity contribution >= 4 is 11.6 Å². The summed E-state index contributed by atoms with van der Waals surface area (Å²) in [5.41, 5.74) is 0.803. The number of nitrogens with zero attached hydrogens (tertiary/aromatic N) is 1. The first-order chi connectivity index (χ1) is 9.30. The van der Waals surface area contributed by atoms with Crippen molar-refractivity contribution in [3.05, 3.63) is 42.2 Å². The molecule has 0 spiro atoms. The molecule has 0 N–H and O–H groups in total. The van der Waals surface area contributed by atoms with Gasteiger partial charge in [0.05, 0.1) is 20.1 Å². The maximum absolute atomic E-state index is 5.87. The van der Waals surface area contributed by atoms with Gasteiger partial charge in [-0.3, -0.25) is 4.98 Å². The van der Waals surface area contributed by atoms with E-state index in [4.69, 9.17) is 25.8 Å². The number of rotatable bonds is 5. The van der Waals surface area contributed by atoms with E-state index in [2.05, 4.69) is 4.98 Å². The van der Waals surface area contributed by atoms with Gasteiger partial charge in [-0.1, -0.05) is 6.07 Å². The van der Waals surface area contributed by atoms with E-state index in [1.54, 1.807) is 44.8 Å². The summed E-state index contributed by atoms with van der Waals surface area (Å²) >= 11 is 5.86. The second-order valence-corrected chi connectivity index (χ2v) is 3.98. The summed E-state index contributed by atoms with van der Waals surface area (Å²) < 4.78 is 16.4. The summed E-state index contributed by atoms with van der Waals surface area (Å²) in [4.78, 5) is 4.02. The summed E-state index contributed by atoms with van der Waals surface area (Å²) in [6.45, 7) is 0. The highest BCUT2D eigenvalue weighted by atomic mass is 35.5. The number of alkyl halides is 1. The van der Waals surface area contributed by atoms with Gasteiger partial charge in [0, 0.05) is 18.0 Å². The highest BCUT2D eigenvalue weighted by Gasteiger charge is 2.14. The van der Waals surface area contributed by atoms with Crippen LogP contribution in [-0.4, -0.2) is 19.2 Å². The SMILES string of the molecule is COc1cccc(OC)c1Oc1ccncc1CCl. The van der Waals surface area contributed by atoms with Gasteiger partial charge < -0.3 is 14.2 Å². The Hall–Kier alpha value is -1.94. The summed E-state index contributed by atoms with van der Waals surface area (Å²) in [7, 11) is 3.16. The number of ether oxygens (including phenoxy) is 3. The molecule has 0 aliphatic rings. The number of hydrogen-bond acceptors (Lipinski definition) is 4. The maximum atomic E-state index is 5.87. The zero-order valence-corrected chi connectivity index (χ0v) is 11.5. The van der Waals surface area contributed by atoms with Crippen LogP contribution in [0.5, 0.6) is 23.0 Å². The average Bonchev–Trinajstić information content (AvgIpc) is 2.48. The van der Waals surface area contributed by atoms with Crippen molar-refractivity contribution in [3.63, 3.8) is 0 Å². The van der Waals surface area contributed by atoms with E-state index in [9.17, 15) is 0 Å². The van der Waals surface area contributed by atoms with Crippen molar-refractivity contribution in [1.29, 1.82) is 0 Å². The van der Waals surface area contributed by atoms with Crippen molar-refractivity contribution in [2.24, 2.45) is 0 Å². The predicted molar refractivity (Wildman–Crippen MR) is 73.4 cm³/mol. The molecule has 0 bridgehead atoms. The zero-order valence-electron chi connectivity index (χ0n) is 10.7. The van der Waals surface area contributed by atoms with Gasteiger partial charge in [0.25, 0.3) is 0 Å². The molecule has 0 fully saturated rings. The van der Waals surface area contributed by atoms with Crippen LogP contribution in [0.25, 0.3) is 0 Å². The molecule has 0 unspecified atom stereocenters. The van der Waals surface area contributed by atoms with Crippen LogP contribution in [0.15, 0.2) is 36.7 Å². The molecule has 1 aromatic carbocycles. The first-order valence-electron chi connectivity index (χ1n) is 5.67. The minimum atomic E-state index is 0.320. The first-order valence-corrected chi connectivity index (χ1v) is 6.21. The molecular weight excluding hydrogens is 266 g/mol. The molecule has 1 heterocycles. The summed E-state index contributed by atoms with van der Waals surface area (Å²) in [5.74, 6) is 2.66. The second kappa shape index (κ2) is 6.29. The van der Waals surface area contributed by atoms with Crippen molar-refractivity contribution in [1.82, 2.24) is 4.98 Å². The smallest absolute Gasteiger partial charge is 0.211 e. The maximum Gasteiger partial charge on any atom is 0.211 e. The van der Waals surface area contributed by atoms with Crippen LogP contribution < -0.4 is 14.2 Å². The molecule has 0 amide bonds. The molecule has 2 aromatic rings. The van der Waals surface area contributed by atoms with Crippen molar-refractivity contribution in [2.75, 3.05) is 14.2 Å². The van der Waals surface area contributed by atoms with Crippen molar-refractivity contribution in [2.45, 2.75) is 5.88 Å². The van der Waals surface area contributed by atoms with Crippen LogP contribution in [-0.2, 0) is 5.88 Å². The molecule has 0 aliphatic carbocycles. The van der Waals surface area contributed by atoms with Gasteiger partial charge in [0.15, 0.2) is 11.5 Å². The van der Waals surface area contributed by atoms with Gasteiger partial charge in [-0.25, -0.2) is 0 Å². The Morgan fingerprint density at radius 1 is 1.05 bits per heavy atom. The third-order valence-corrected chi connectivity index (χ3v) is 2.89. The number of halogens is 1. The Morgan fingerprint density at radius 2 is 1.74 bits per heavy atom. The Morgan fingerprint density at radius 3 is 2.32 bits per heavy atom. The average molecular weight is 280 g/mol. The van der Waals surface area contributed by atoms with Crippen molar-refractivity contribution in [3.8, 4) is 23.0 Å². The van der Waals surface area contributed by atoms with Gasteiger partial charge in [-0.05, 0) is 18.2 Å². The minimum absolute atomic E-state index is 0.320. The fraction of sp³-hybridized carbons (Fsp3) is 0.214. The lowest BCUT2D eigenvalue weighted by Crippen LogP contribution is -1.96. The topological polar surface area (TPSA) is 40.6 Å². The molecule has 19 heavy (non-hydrogen) atoms. The fourth-order valence-electron chi connectivity index (χ4n) is 1.64. The molecule has 0 atom stereocenters. The van der Waals surface area contributed by atoms with Gasteiger partial charge in [0.1, 0.15) is 5.75 Å². The lowest BCUT2D eigenvalue weighted by molar-refractivity contribution is 0.345. The number of methoxy groups -OCH3 is 2. The summed E-state index contributed by atoms with van der Waals surface area (Å²) in [6.07, 6.45) is 3.32. The number of aromatic nitrogens is 1. The molecule has 0 saturated carbocycles. The van der Waals surface area contributed by atoms with E-state index in [1.807, 2.05) is 6.07 Å². The number of para-hydroxylation sites is 1. The van der Waals surface area contributed by atoms with Crippen LogP contribution in [0.3, 0.4) is 0 Å². The van der Waals surface area contributed by atoms with Crippen LogP contribution in [0.2, 0.25) is 0 Å². The van der Waals surface area contributed by atoms with Crippen molar-refractivity contribution < 1.29 is 14.2 Å². The standard InChI is InChI=1S/C14H14ClNO3/c1-17-12-4-3-5-13(18-2)14(12)19-11-6-7-16-9-10(11)8-15/h3-7,9H,8H2,1-2H3.